The Morgan fingerprint density at radius 2 is 1.09 bits per heavy atom. The molecule has 0 atom stereocenters. The van der Waals surface area contributed by atoms with E-state index >= 15 is 0 Å². The summed E-state index contributed by atoms with van der Waals surface area (Å²) in [5.74, 6) is -3.22. The highest BCUT2D eigenvalue weighted by molar-refractivity contribution is 7.95. The van der Waals surface area contributed by atoms with Crippen LogP contribution in [0.4, 0.5) is 17.1 Å². The summed E-state index contributed by atoms with van der Waals surface area (Å²) in [6.07, 6.45) is 0.0903. The number of nitrogens with one attached hydrogen (secondary N) is 3. The molecule has 13 nitrogen and oxygen atoms in total. The van der Waals surface area contributed by atoms with Crippen molar-refractivity contribution in [3.05, 3.63) is 130 Å². The van der Waals surface area contributed by atoms with Crippen molar-refractivity contribution < 1.29 is 46.2 Å². The minimum atomic E-state index is -4.17. The highest BCUT2D eigenvalue weighted by Crippen LogP contribution is 2.35. The summed E-state index contributed by atoms with van der Waals surface area (Å²) in [6.45, 7) is -0.0240. The molecule has 0 aliphatic heterocycles. The van der Waals surface area contributed by atoms with Crippen molar-refractivity contribution >= 4 is 101 Å². The van der Waals surface area contributed by atoms with Crippen LogP contribution < -0.4 is 19.5 Å². The van der Waals surface area contributed by atoms with Gasteiger partial charge in [-0.2, -0.15) is 0 Å². The van der Waals surface area contributed by atoms with Gasteiger partial charge in [0, 0.05) is 31.9 Å². The number of hydrogen-bond acceptors (Lipinski definition) is 10. The van der Waals surface area contributed by atoms with Crippen LogP contribution in [0.3, 0.4) is 0 Å². The molecule has 0 unspecified atom stereocenters. The lowest BCUT2D eigenvalue weighted by atomic mass is 10.1. The van der Waals surface area contributed by atoms with Gasteiger partial charge in [0.1, 0.15) is 14.2 Å². The third-order valence-corrected chi connectivity index (χ3v) is 14.5. The molecule has 6 rings (SSSR count). The van der Waals surface area contributed by atoms with Crippen LogP contribution in [-0.2, 0) is 24.8 Å². The van der Waals surface area contributed by atoms with E-state index in [0.29, 0.717) is 19.8 Å². The number of benzene rings is 4. The van der Waals surface area contributed by atoms with Crippen molar-refractivity contribution in [2.45, 2.75) is 21.3 Å². The summed E-state index contributed by atoms with van der Waals surface area (Å²) >= 11 is 13.9. The predicted molar refractivity (Wildman–Crippen MR) is 221 cm³/mol. The van der Waals surface area contributed by atoms with Gasteiger partial charge in [-0.3, -0.25) is 14.2 Å². The number of carbonyl (C=O) groups excluding carboxylic acids is 1. The number of sulfonamides is 2. The Bertz CT molecular complexity index is 2700. The maximum absolute atomic E-state index is 13.2. The number of amides is 1. The number of carbonyl (C=O) groups is 3. The van der Waals surface area contributed by atoms with E-state index < -0.39 is 43.5 Å². The van der Waals surface area contributed by atoms with Crippen molar-refractivity contribution in [3.8, 4) is 26.6 Å². The lowest BCUT2D eigenvalue weighted by molar-refractivity contribution is -0.116. The zero-order valence-corrected chi connectivity index (χ0v) is 33.8. The number of ether oxygens (including phenoxy) is 1. The molecule has 6 aromatic rings. The summed E-state index contributed by atoms with van der Waals surface area (Å²) in [5, 5.41) is 23.3. The molecule has 4 aromatic carbocycles. The fourth-order valence-corrected chi connectivity index (χ4v) is 10.3. The van der Waals surface area contributed by atoms with Gasteiger partial charge in [-0.25, -0.2) is 26.4 Å². The normalized spacial score (nSPS) is 11.5. The SMILES string of the molecule is O=C(CCCOc1ccc(NS(=O)(=O)c2ccc(-c3ccc(Cl)cc3)s2)c(C(=O)O)c1)Nc1ccc(NS(=O)(=O)c2ccc(-c3ccc(Cl)cc3)s2)c(C(=O)O)c1. The number of thiophene rings is 2. The van der Waals surface area contributed by atoms with Crippen LogP contribution in [0.2, 0.25) is 10.0 Å². The third-order valence-electron chi connectivity index (χ3n) is 8.01. The quantitative estimate of drug-likeness (QED) is 0.0583. The molecule has 0 saturated heterocycles. The number of halogens is 2. The molecule has 0 saturated carbocycles. The van der Waals surface area contributed by atoms with E-state index in [1.807, 2.05) is 0 Å². The van der Waals surface area contributed by atoms with Gasteiger partial charge in [0.05, 0.1) is 29.1 Å². The first-order valence-electron chi connectivity index (χ1n) is 16.5. The van der Waals surface area contributed by atoms with Gasteiger partial charge in [0.15, 0.2) is 0 Å². The topological polar surface area (TPSA) is 205 Å². The summed E-state index contributed by atoms with van der Waals surface area (Å²) < 4.78 is 62.8. The highest BCUT2D eigenvalue weighted by atomic mass is 35.5. The van der Waals surface area contributed by atoms with Crippen molar-refractivity contribution in [1.82, 2.24) is 0 Å². The van der Waals surface area contributed by atoms with Gasteiger partial charge in [-0.1, -0.05) is 47.5 Å². The van der Waals surface area contributed by atoms with Crippen LogP contribution in [0.5, 0.6) is 5.75 Å². The first-order valence-corrected chi connectivity index (χ1v) is 21.9. The number of carboxylic acids is 2. The van der Waals surface area contributed by atoms with Gasteiger partial charge >= 0.3 is 11.9 Å². The van der Waals surface area contributed by atoms with E-state index in [2.05, 4.69) is 14.8 Å². The standard InChI is InChI=1S/C38H29Cl2N3O10S4/c39-24-7-3-22(4-8-24)32-15-17-35(54-32)56(49,50)42-30-13-11-26(20-28(30)37(45)46)41-34(44)2-1-19-53-27-12-14-31(29(21-27)38(47)48)43-57(51,52)36-18-16-33(55-36)23-5-9-25(40)10-6-23/h3-18,20-21,42-43H,1-2,19H2,(H,41,44)(H,45,46)(H,47,48). The number of aromatic carboxylic acids is 2. The second-order valence-corrected chi connectivity index (χ2v) is 18.9. The number of carboxylic acid groups (broad SMARTS) is 2. The minimum Gasteiger partial charge on any atom is -0.494 e. The molecule has 19 heteroatoms. The zero-order valence-electron chi connectivity index (χ0n) is 29.1. The Morgan fingerprint density at radius 3 is 1.58 bits per heavy atom. The fourth-order valence-electron chi connectivity index (χ4n) is 5.27. The number of anilines is 3. The lowest BCUT2D eigenvalue weighted by Crippen LogP contribution is -2.16. The first-order chi connectivity index (χ1) is 27.1. The van der Waals surface area contributed by atoms with E-state index in [9.17, 15) is 41.4 Å². The van der Waals surface area contributed by atoms with Crippen LogP contribution in [0.25, 0.3) is 20.9 Å². The van der Waals surface area contributed by atoms with Crippen LogP contribution in [0, 0.1) is 0 Å². The van der Waals surface area contributed by atoms with Crippen LogP contribution in [0.15, 0.2) is 118 Å². The zero-order chi connectivity index (χ0) is 40.9. The Morgan fingerprint density at radius 1 is 0.614 bits per heavy atom. The summed E-state index contributed by atoms with van der Waals surface area (Å²) in [5.41, 5.74) is 0.494. The Kier molecular flexibility index (Phi) is 12.6. The van der Waals surface area contributed by atoms with Crippen molar-refractivity contribution in [2.75, 3.05) is 21.4 Å². The minimum absolute atomic E-state index is 0.0240. The predicted octanol–water partition coefficient (Wildman–Crippen LogP) is 9.25. The molecule has 0 fully saturated rings. The van der Waals surface area contributed by atoms with E-state index in [-0.39, 0.29) is 56.2 Å². The summed E-state index contributed by atoms with van der Waals surface area (Å²) in [7, 11) is -8.31. The molecular weight excluding hydrogens is 858 g/mol. The highest BCUT2D eigenvalue weighted by Gasteiger charge is 2.23. The maximum atomic E-state index is 13.2. The average Bonchev–Trinajstić information content (AvgIpc) is 3.87. The van der Waals surface area contributed by atoms with Crippen molar-refractivity contribution in [3.63, 3.8) is 0 Å². The summed E-state index contributed by atoms with van der Waals surface area (Å²) in [4.78, 5) is 38.2. The second-order valence-electron chi connectivity index (χ2n) is 12.0. The van der Waals surface area contributed by atoms with Crippen LogP contribution in [-0.4, -0.2) is 51.5 Å². The van der Waals surface area contributed by atoms with E-state index in [1.54, 1.807) is 60.7 Å². The first kappa shape index (κ1) is 41.2. The molecule has 2 heterocycles. The molecule has 0 aliphatic rings. The van der Waals surface area contributed by atoms with Crippen LogP contribution in [0.1, 0.15) is 33.6 Å². The second kappa shape index (κ2) is 17.4. The van der Waals surface area contributed by atoms with Crippen LogP contribution >= 0.6 is 45.9 Å². The molecule has 0 aliphatic carbocycles. The van der Waals surface area contributed by atoms with Gasteiger partial charge in [-0.15, -0.1) is 22.7 Å². The number of rotatable bonds is 16. The molecular formula is C38H29Cl2N3O10S4. The van der Waals surface area contributed by atoms with Gasteiger partial charge in [0.25, 0.3) is 20.0 Å². The third kappa shape index (κ3) is 10.3. The molecule has 57 heavy (non-hydrogen) atoms. The van der Waals surface area contributed by atoms with Gasteiger partial charge in [0.2, 0.25) is 5.91 Å². The molecule has 2 aromatic heterocycles. The maximum Gasteiger partial charge on any atom is 0.337 e. The Hall–Kier alpha value is -5.43. The fraction of sp³-hybridized carbons (Fsp3) is 0.0789. The monoisotopic (exact) mass is 885 g/mol. The van der Waals surface area contributed by atoms with Crippen molar-refractivity contribution in [2.24, 2.45) is 0 Å². The molecule has 1 amide bonds. The largest absolute Gasteiger partial charge is 0.494 e. The van der Waals surface area contributed by atoms with Gasteiger partial charge < -0.3 is 20.3 Å². The average molecular weight is 887 g/mol. The Labute approximate surface area is 344 Å². The molecule has 0 spiro atoms. The molecule has 0 radical (unpaired) electrons. The van der Waals surface area contributed by atoms with Gasteiger partial charge in [-0.05, 0) is 102 Å². The Balaban J connectivity index is 1.03. The molecule has 0 bridgehead atoms. The molecule has 5 N–H and O–H groups in total. The summed E-state index contributed by atoms with van der Waals surface area (Å²) in [6, 6.07) is 27.4. The lowest BCUT2D eigenvalue weighted by Gasteiger charge is -2.13. The van der Waals surface area contributed by atoms with Crippen molar-refractivity contribution in [1.29, 1.82) is 0 Å². The molecule has 294 valence electrons. The van der Waals surface area contributed by atoms with E-state index in [4.69, 9.17) is 27.9 Å². The van der Waals surface area contributed by atoms with E-state index in [0.717, 1.165) is 45.9 Å². The number of hydrogen-bond donors (Lipinski definition) is 5. The smallest absolute Gasteiger partial charge is 0.337 e. The van der Waals surface area contributed by atoms with E-state index in [1.165, 1.54) is 36.4 Å².